The maximum Gasteiger partial charge on any atom is 0.307 e. The molecule has 6 nitrogen and oxygen atoms in total. The maximum atomic E-state index is 13.6. The molecule has 6 rings (SSSR count). The molecule has 6 aromatic rings. The Hall–Kier alpha value is -4.08. The van der Waals surface area contributed by atoms with Gasteiger partial charge in [0.15, 0.2) is 0 Å². The van der Waals surface area contributed by atoms with Gasteiger partial charge in [-0.15, -0.1) is 0 Å². The fourth-order valence-electron chi connectivity index (χ4n) is 8.41. The van der Waals surface area contributed by atoms with Gasteiger partial charge >= 0.3 is 11.9 Å². The number of esters is 2. The summed E-state index contributed by atoms with van der Waals surface area (Å²) in [6.45, 7) is 4.14. The first kappa shape index (κ1) is 51.3. The second-order valence-corrected chi connectivity index (χ2v) is 18.9. The van der Waals surface area contributed by atoms with Crippen LogP contribution >= 0.6 is 69.6 Å². The van der Waals surface area contributed by atoms with E-state index in [2.05, 4.69) is 10.6 Å². The van der Waals surface area contributed by atoms with E-state index in [4.69, 9.17) is 79.1 Å². The number of hydrogen-bond donors (Lipinski definition) is 2. The lowest BCUT2D eigenvalue weighted by Gasteiger charge is -2.35. The molecule has 0 aromatic heterocycles. The summed E-state index contributed by atoms with van der Waals surface area (Å²) in [4.78, 5) is 27.2. The molecule has 0 radical (unpaired) electrons. The molecule has 66 heavy (non-hydrogen) atoms. The van der Waals surface area contributed by atoms with Crippen LogP contribution in [0.2, 0.25) is 30.1 Å². The van der Waals surface area contributed by atoms with Crippen LogP contribution in [0.5, 0.6) is 0 Å². The van der Waals surface area contributed by atoms with Gasteiger partial charge in [0.2, 0.25) is 0 Å². The smallest absolute Gasteiger partial charge is 0.307 e. The van der Waals surface area contributed by atoms with Crippen LogP contribution in [0, 0.1) is 0 Å². The molecule has 0 heterocycles. The molecule has 0 atom stereocenters. The molecule has 346 valence electrons. The van der Waals surface area contributed by atoms with E-state index >= 15 is 0 Å². The van der Waals surface area contributed by atoms with Crippen LogP contribution in [0.4, 0.5) is 0 Å². The Labute approximate surface area is 419 Å². The number of unbranched alkanes of at least 4 members (excludes halogenated alkanes) is 4. The van der Waals surface area contributed by atoms with Crippen LogP contribution in [0.15, 0.2) is 146 Å². The van der Waals surface area contributed by atoms with Crippen LogP contribution in [0.3, 0.4) is 0 Å². The lowest BCUT2D eigenvalue weighted by atomic mass is 9.67. The molecule has 0 aliphatic rings. The number of halogens is 6. The van der Waals surface area contributed by atoms with Gasteiger partial charge in [-0.3, -0.25) is 9.59 Å². The minimum Gasteiger partial charge on any atom is -0.466 e. The van der Waals surface area contributed by atoms with Crippen molar-refractivity contribution < 1.29 is 19.1 Å². The minimum absolute atomic E-state index is 0.0873. The molecule has 0 fully saturated rings. The number of benzene rings is 6. The van der Waals surface area contributed by atoms with Gasteiger partial charge < -0.3 is 20.1 Å². The number of carbonyl (C=O) groups is 2. The molecule has 6 aromatic carbocycles. The summed E-state index contributed by atoms with van der Waals surface area (Å²) in [5.74, 6) is -0.589. The molecule has 0 spiro atoms. The van der Waals surface area contributed by atoms with Crippen molar-refractivity contribution >= 4 is 81.5 Å². The quantitative estimate of drug-likeness (QED) is 0.0338. The van der Waals surface area contributed by atoms with Gasteiger partial charge in [-0.2, -0.15) is 0 Å². The fraction of sp³-hybridized carbons (Fsp3) is 0.296. The Kier molecular flexibility index (Phi) is 20.1. The molecule has 0 bridgehead atoms. The first-order valence-corrected chi connectivity index (χ1v) is 24.6. The van der Waals surface area contributed by atoms with Crippen LogP contribution in [0.1, 0.15) is 84.7 Å². The van der Waals surface area contributed by atoms with Crippen molar-refractivity contribution in [1.82, 2.24) is 10.6 Å². The molecular formula is C54H54Cl6N2O4. The fourth-order valence-corrected chi connectivity index (χ4v) is 9.17. The SMILES string of the molecule is O=C(CC(c1ccc(Cl)cc1)(c1ccc(Cl)cc1)c1ccc(Cl)cc1)OCCCCCNCCNCCCCCOC(=O)CC(c1ccc(Cl)cc1)(c1ccc(Cl)cc1)c1ccc(Cl)cc1. The second-order valence-electron chi connectivity index (χ2n) is 16.3. The summed E-state index contributed by atoms with van der Waals surface area (Å²) in [6, 6.07) is 45.4. The Morgan fingerprint density at radius 3 is 0.788 bits per heavy atom. The third-order valence-electron chi connectivity index (χ3n) is 11.8. The third kappa shape index (κ3) is 14.2. The molecule has 0 saturated carbocycles. The average molecular weight is 1010 g/mol. The molecule has 0 aliphatic heterocycles. The van der Waals surface area contributed by atoms with Gasteiger partial charge in [-0.25, -0.2) is 0 Å². The zero-order chi connectivity index (χ0) is 46.8. The Morgan fingerprint density at radius 1 is 0.333 bits per heavy atom. The predicted molar refractivity (Wildman–Crippen MR) is 273 cm³/mol. The van der Waals surface area contributed by atoms with Crippen molar-refractivity contribution in [2.75, 3.05) is 39.4 Å². The van der Waals surface area contributed by atoms with E-state index in [9.17, 15) is 9.59 Å². The largest absolute Gasteiger partial charge is 0.466 e. The number of carbonyl (C=O) groups excluding carboxylic acids is 2. The monoisotopic (exact) mass is 1000 g/mol. The van der Waals surface area contributed by atoms with Crippen LogP contribution < -0.4 is 10.6 Å². The van der Waals surface area contributed by atoms with Gasteiger partial charge in [-0.1, -0.05) is 142 Å². The Bertz CT molecular complexity index is 2020. The average Bonchev–Trinajstić information content (AvgIpc) is 3.31. The number of rotatable bonds is 25. The zero-order valence-corrected chi connectivity index (χ0v) is 41.2. The normalized spacial score (nSPS) is 11.7. The summed E-state index contributed by atoms with van der Waals surface area (Å²) < 4.78 is 11.7. The van der Waals surface area contributed by atoms with Gasteiger partial charge in [-0.05, 0) is 158 Å². The number of nitrogens with one attached hydrogen (secondary N) is 2. The van der Waals surface area contributed by atoms with Crippen molar-refractivity contribution in [3.63, 3.8) is 0 Å². The highest BCUT2D eigenvalue weighted by molar-refractivity contribution is 6.32. The molecule has 0 saturated heterocycles. The first-order chi connectivity index (χ1) is 32.0. The topological polar surface area (TPSA) is 76.7 Å². The summed E-state index contributed by atoms with van der Waals surface area (Å²) in [7, 11) is 0. The highest BCUT2D eigenvalue weighted by Crippen LogP contribution is 2.45. The molecule has 2 N–H and O–H groups in total. The standard InChI is InChI=1S/C54H54Cl6N2O4/c55-45-19-7-39(8-20-45)53(40-9-21-46(56)22-10-40,41-11-23-47(57)24-12-41)37-51(63)65-35-5-1-3-31-61-33-34-62-32-4-2-6-36-66-52(64)38-54(42-13-25-48(58)26-14-42,43-15-27-49(59)28-16-43)44-17-29-50(60)30-18-44/h7-30,61-62H,1-6,31-38H2. The van der Waals surface area contributed by atoms with Crippen LogP contribution in [-0.4, -0.2) is 51.3 Å². The molecule has 0 amide bonds. The summed E-state index contributed by atoms with van der Waals surface area (Å²) >= 11 is 37.7. The highest BCUT2D eigenvalue weighted by atomic mass is 35.5. The van der Waals surface area contributed by atoms with E-state index in [0.29, 0.717) is 43.3 Å². The van der Waals surface area contributed by atoms with Crippen molar-refractivity contribution in [2.24, 2.45) is 0 Å². The van der Waals surface area contributed by atoms with E-state index in [-0.39, 0.29) is 24.8 Å². The van der Waals surface area contributed by atoms with Gasteiger partial charge in [0.25, 0.3) is 0 Å². The van der Waals surface area contributed by atoms with Gasteiger partial charge in [0.1, 0.15) is 0 Å². The summed E-state index contributed by atoms with van der Waals surface area (Å²) in [5.41, 5.74) is 3.74. The van der Waals surface area contributed by atoms with Crippen LogP contribution in [0.25, 0.3) is 0 Å². The highest BCUT2D eigenvalue weighted by Gasteiger charge is 2.41. The lowest BCUT2D eigenvalue weighted by Crippen LogP contribution is -2.33. The van der Waals surface area contributed by atoms with E-state index in [0.717, 1.165) is 98.1 Å². The van der Waals surface area contributed by atoms with E-state index < -0.39 is 10.8 Å². The lowest BCUT2D eigenvalue weighted by molar-refractivity contribution is -0.145. The van der Waals surface area contributed by atoms with Crippen molar-refractivity contribution in [3.05, 3.63) is 209 Å². The van der Waals surface area contributed by atoms with E-state index in [1.54, 1.807) is 0 Å². The molecular weight excluding hydrogens is 953 g/mol. The Morgan fingerprint density at radius 2 is 0.561 bits per heavy atom. The maximum absolute atomic E-state index is 13.6. The second kappa shape index (κ2) is 25.9. The summed E-state index contributed by atoms with van der Waals surface area (Å²) in [5, 5.41) is 10.6. The van der Waals surface area contributed by atoms with Crippen molar-refractivity contribution in [1.29, 1.82) is 0 Å². The number of ether oxygens (including phenoxy) is 2. The number of hydrogen-bond acceptors (Lipinski definition) is 6. The van der Waals surface area contributed by atoms with Crippen LogP contribution in [-0.2, 0) is 29.9 Å². The predicted octanol–water partition coefficient (Wildman–Crippen LogP) is 14.4. The van der Waals surface area contributed by atoms with Gasteiger partial charge in [0, 0.05) is 43.2 Å². The molecule has 0 aliphatic carbocycles. The van der Waals surface area contributed by atoms with E-state index in [1.165, 1.54) is 0 Å². The van der Waals surface area contributed by atoms with Crippen molar-refractivity contribution in [2.45, 2.75) is 62.2 Å². The third-order valence-corrected chi connectivity index (χ3v) is 13.4. The zero-order valence-electron chi connectivity index (χ0n) is 36.7. The summed E-state index contributed by atoms with van der Waals surface area (Å²) in [6.07, 6.45) is 5.52. The Balaban J connectivity index is 0.868. The first-order valence-electron chi connectivity index (χ1n) is 22.3. The van der Waals surface area contributed by atoms with Gasteiger partial charge in [0.05, 0.1) is 36.9 Å². The molecule has 0 unspecified atom stereocenters. The minimum atomic E-state index is -0.851. The van der Waals surface area contributed by atoms with E-state index in [1.807, 2.05) is 146 Å². The van der Waals surface area contributed by atoms with Crippen molar-refractivity contribution in [3.8, 4) is 0 Å². The molecule has 12 heteroatoms.